The van der Waals surface area contributed by atoms with Crippen molar-refractivity contribution in [2.75, 3.05) is 18.9 Å². The number of ether oxygens (including phenoxy) is 2. The smallest absolute Gasteiger partial charge is 0.339 e. The van der Waals surface area contributed by atoms with E-state index in [-0.39, 0.29) is 21.9 Å². The van der Waals surface area contributed by atoms with Gasteiger partial charge in [-0.1, -0.05) is 12.1 Å². The number of methoxy groups -OCH3 is 2. The van der Waals surface area contributed by atoms with E-state index in [0.29, 0.717) is 0 Å². The summed E-state index contributed by atoms with van der Waals surface area (Å²) in [4.78, 5) is 21.7. The minimum absolute atomic E-state index is 0.00665. The molecule has 0 saturated carbocycles. The number of esters is 1. The van der Waals surface area contributed by atoms with Gasteiger partial charge in [0.25, 0.3) is 10.0 Å². The van der Waals surface area contributed by atoms with Crippen molar-refractivity contribution < 1.29 is 27.6 Å². The van der Waals surface area contributed by atoms with Crippen LogP contribution in [0.1, 0.15) is 10.4 Å². The van der Waals surface area contributed by atoms with E-state index in [2.05, 4.69) is 9.46 Å². The fourth-order valence-corrected chi connectivity index (χ4v) is 3.14. The van der Waals surface area contributed by atoms with Crippen LogP contribution in [-0.2, 0) is 14.8 Å². The molecule has 0 aliphatic rings. The predicted octanol–water partition coefficient (Wildman–Crippen LogP) is 2.19. The second-order valence-corrected chi connectivity index (χ2v) is 6.42. The predicted molar refractivity (Wildman–Crippen MR) is 88.2 cm³/mol. The molecule has 0 aromatic heterocycles. The number of nitrogens with zero attached hydrogens (tertiary/aromatic N) is 1. The van der Waals surface area contributed by atoms with E-state index in [9.17, 15) is 23.3 Å². The third-order valence-corrected chi connectivity index (χ3v) is 4.60. The molecule has 0 atom stereocenters. The zero-order chi connectivity index (χ0) is 18.6. The molecule has 2 aromatic carbocycles. The highest BCUT2D eigenvalue weighted by Crippen LogP contribution is 2.30. The van der Waals surface area contributed by atoms with Gasteiger partial charge in [-0.05, 0) is 24.3 Å². The number of sulfonamides is 1. The van der Waals surface area contributed by atoms with Crippen LogP contribution in [0.25, 0.3) is 0 Å². The summed E-state index contributed by atoms with van der Waals surface area (Å²) in [7, 11) is -1.77. The van der Waals surface area contributed by atoms with Crippen LogP contribution in [0.4, 0.5) is 11.4 Å². The minimum atomic E-state index is -4.18. The Balaban J connectivity index is 2.46. The molecule has 25 heavy (non-hydrogen) atoms. The van der Waals surface area contributed by atoms with Gasteiger partial charge in [-0.3, -0.25) is 14.8 Å². The molecule has 10 heteroatoms. The van der Waals surface area contributed by atoms with Gasteiger partial charge in [-0.25, -0.2) is 13.2 Å². The van der Waals surface area contributed by atoms with Crippen molar-refractivity contribution in [2.45, 2.75) is 4.90 Å². The molecule has 1 N–H and O–H groups in total. The molecular formula is C15H14N2O7S. The molecule has 0 unspecified atom stereocenters. The lowest BCUT2D eigenvalue weighted by molar-refractivity contribution is -0.386. The summed E-state index contributed by atoms with van der Waals surface area (Å²) < 4.78 is 36.7. The van der Waals surface area contributed by atoms with Crippen molar-refractivity contribution in [1.82, 2.24) is 0 Å². The van der Waals surface area contributed by atoms with Gasteiger partial charge in [0.05, 0.1) is 35.3 Å². The van der Waals surface area contributed by atoms with Crippen LogP contribution in [0.5, 0.6) is 5.75 Å². The molecule has 0 spiro atoms. The molecule has 132 valence electrons. The van der Waals surface area contributed by atoms with Gasteiger partial charge in [0.2, 0.25) is 0 Å². The maximum atomic E-state index is 12.5. The maximum Gasteiger partial charge on any atom is 0.339 e. The molecule has 2 aromatic rings. The molecule has 0 heterocycles. The van der Waals surface area contributed by atoms with Crippen LogP contribution < -0.4 is 9.46 Å². The van der Waals surface area contributed by atoms with Crippen LogP contribution in [0.2, 0.25) is 0 Å². The largest absolute Gasteiger partial charge is 0.490 e. The Labute approximate surface area is 143 Å². The first kappa shape index (κ1) is 18.2. The summed E-state index contributed by atoms with van der Waals surface area (Å²) in [5.74, 6) is -0.794. The normalized spacial score (nSPS) is 10.8. The fourth-order valence-electron chi connectivity index (χ4n) is 2.04. The summed E-state index contributed by atoms with van der Waals surface area (Å²) in [5.41, 5.74) is -0.490. The molecule has 0 fully saturated rings. The monoisotopic (exact) mass is 366 g/mol. The second kappa shape index (κ2) is 7.18. The SMILES string of the molecule is COC(=O)c1ccccc1NS(=O)(=O)c1ccc(OC)c([N+](=O)[O-])c1. The highest BCUT2D eigenvalue weighted by Gasteiger charge is 2.23. The van der Waals surface area contributed by atoms with Crippen molar-refractivity contribution >= 4 is 27.4 Å². The van der Waals surface area contributed by atoms with Crippen LogP contribution >= 0.6 is 0 Å². The van der Waals surface area contributed by atoms with Gasteiger partial charge >= 0.3 is 11.7 Å². The number of carbonyl (C=O) groups is 1. The van der Waals surface area contributed by atoms with Crippen molar-refractivity contribution in [3.63, 3.8) is 0 Å². The number of nitro benzene ring substituents is 1. The molecule has 2 rings (SSSR count). The number of para-hydroxylation sites is 1. The molecular weight excluding hydrogens is 352 g/mol. The standard InChI is InChI=1S/C15H14N2O7S/c1-23-14-8-7-10(9-13(14)17(19)20)25(21,22)16-12-6-4-3-5-11(12)15(18)24-2/h3-9,16H,1-2H3. The van der Waals surface area contributed by atoms with Crippen molar-refractivity contribution in [3.05, 3.63) is 58.1 Å². The van der Waals surface area contributed by atoms with E-state index in [4.69, 9.17) is 4.74 Å². The van der Waals surface area contributed by atoms with Gasteiger partial charge in [0.1, 0.15) is 0 Å². The van der Waals surface area contributed by atoms with Crippen LogP contribution in [-0.4, -0.2) is 33.5 Å². The zero-order valence-electron chi connectivity index (χ0n) is 13.3. The second-order valence-electron chi connectivity index (χ2n) is 4.73. The number of hydrogen-bond donors (Lipinski definition) is 1. The van der Waals surface area contributed by atoms with E-state index in [1.807, 2.05) is 0 Å². The number of anilines is 1. The van der Waals surface area contributed by atoms with E-state index in [1.165, 1.54) is 38.5 Å². The van der Waals surface area contributed by atoms with E-state index in [0.717, 1.165) is 12.1 Å². The van der Waals surface area contributed by atoms with E-state index in [1.54, 1.807) is 6.07 Å². The molecule has 0 saturated heterocycles. The lowest BCUT2D eigenvalue weighted by Crippen LogP contribution is -2.16. The Morgan fingerprint density at radius 1 is 1.16 bits per heavy atom. The molecule has 9 nitrogen and oxygen atoms in total. The average molecular weight is 366 g/mol. The first-order valence-electron chi connectivity index (χ1n) is 6.82. The van der Waals surface area contributed by atoms with Gasteiger partial charge in [-0.2, -0.15) is 0 Å². The summed E-state index contributed by atoms with van der Waals surface area (Å²) in [6.07, 6.45) is 0. The third-order valence-electron chi connectivity index (χ3n) is 3.23. The van der Waals surface area contributed by atoms with Gasteiger partial charge in [-0.15, -0.1) is 0 Å². The van der Waals surface area contributed by atoms with Crippen molar-refractivity contribution in [2.24, 2.45) is 0 Å². The quantitative estimate of drug-likeness (QED) is 0.472. The number of rotatable bonds is 6. The number of carbonyl (C=O) groups excluding carboxylic acids is 1. The summed E-state index contributed by atoms with van der Waals surface area (Å²) in [6.45, 7) is 0. The Morgan fingerprint density at radius 3 is 2.44 bits per heavy atom. The number of nitro groups is 1. The minimum Gasteiger partial charge on any atom is -0.490 e. The van der Waals surface area contributed by atoms with Crippen LogP contribution in [0.3, 0.4) is 0 Å². The van der Waals surface area contributed by atoms with Crippen molar-refractivity contribution in [3.8, 4) is 5.75 Å². The van der Waals surface area contributed by atoms with Crippen LogP contribution in [0.15, 0.2) is 47.4 Å². The van der Waals surface area contributed by atoms with E-state index >= 15 is 0 Å². The topological polar surface area (TPSA) is 125 Å². The van der Waals surface area contributed by atoms with Gasteiger partial charge in [0, 0.05) is 6.07 Å². The first-order valence-corrected chi connectivity index (χ1v) is 8.31. The average Bonchev–Trinajstić information content (AvgIpc) is 2.60. The fraction of sp³-hybridized carbons (Fsp3) is 0.133. The van der Waals surface area contributed by atoms with Gasteiger partial charge < -0.3 is 9.47 Å². The lowest BCUT2D eigenvalue weighted by Gasteiger charge is -2.12. The number of benzene rings is 2. The van der Waals surface area contributed by atoms with Crippen molar-refractivity contribution in [1.29, 1.82) is 0 Å². The summed E-state index contributed by atoms with van der Waals surface area (Å²) in [6, 6.07) is 9.06. The Kier molecular flexibility index (Phi) is 5.22. The highest BCUT2D eigenvalue weighted by atomic mass is 32.2. The van der Waals surface area contributed by atoms with E-state index < -0.39 is 26.6 Å². The number of hydrogen-bond acceptors (Lipinski definition) is 7. The molecule has 0 bridgehead atoms. The number of nitrogens with one attached hydrogen (secondary N) is 1. The summed E-state index contributed by atoms with van der Waals surface area (Å²) >= 11 is 0. The molecule has 0 aliphatic heterocycles. The highest BCUT2D eigenvalue weighted by molar-refractivity contribution is 7.92. The molecule has 0 radical (unpaired) electrons. The first-order chi connectivity index (χ1) is 11.8. The Bertz CT molecular complexity index is 925. The Morgan fingerprint density at radius 2 is 1.84 bits per heavy atom. The lowest BCUT2D eigenvalue weighted by atomic mass is 10.2. The molecule has 0 amide bonds. The molecule has 0 aliphatic carbocycles. The third kappa shape index (κ3) is 3.86. The zero-order valence-corrected chi connectivity index (χ0v) is 14.1. The van der Waals surface area contributed by atoms with Gasteiger partial charge in [0.15, 0.2) is 5.75 Å². The van der Waals surface area contributed by atoms with Crippen LogP contribution in [0, 0.1) is 10.1 Å². The summed E-state index contributed by atoms with van der Waals surface area (Å²) in [5, 5.41) is 11.0. The Hall–Kier alpha value is -3.14. The maximum absolute atomic E-state index is 12.5.